The topological polar surface area (TPSA) is 43.7 Å². The fourth-order valence-electron chi connectivity index (χ4n) is 3.80. The van der Waals surface area contributed by atoms with Gasteiger partial charge in [-0.15, -0.1) is 0 Å². The molecule has 2 N–H and O–H groups in total. The maximum Gasteiger partial charge on any atom is 0.127 e. The van der Waals surface area contributed by atoms with Crippen molar-refractivity contribution in [1.82, 2.24) is 4.90 Å². The number of rotatable bonds is 7. The van der Waals surface area contributed by atoms with Gasteiger partial charge in [-0.25, -0.2) is 0 Å². The normalized spacial score (nSPS) is 18.7. The average molecular weight is 358 g/mol. The molecule has 0 saturated carbocycles. The predicted octanol–water partition coefficient (Wildman–Crippen LogP) is 6.04. The maximum atomic E-state index is 10.7. The number of allylic oxidation sites excluding steroid dienone is 2. The van der Waals surface area contributed by atoms with E-state index in [1.807, 2.05) is 19.1 Å². The van der Waals surface area contributed by atoms with Gasteiger partial charge in [-0.3, -0.25) is 0 Å². The lowest BCUT2D eigenvalue weighted by atomic mass is 9.84. The van der Waals surface area contributed by atoms with Crippen LogP contribution in [0.3, 0.4) is 0 Å². The molecule has 1 aliphatic rings. The van der Waals surface area contributed by atoms with Gasteiger partial charge < -0.3 is 15.1 Å². The van der Waals surface area contributed by atoms with Crippen molar-refractivity contribution >= 4 is 5.57 Å². The lowest BCUT2D eigenvalue weighted by molar-refractivity contribution is 0.415. The molecule has 0 saturated heterocycles. The van der Waals surface area contributed by atoms with Crippen LogP contribution in [0.2, 0.25) is 0 Å². The second kappa shape index (κ2) is 9.16. The monoisotopic (exact) mass is 357 g/mol. The Labute approximate surface area is 159 Å². The van der Waals surface area contributed by atoms with E-state index in [0.29, 0.717) is 17.4 Å². The van der Waals surface area contributed by atoms with E-state index in [1.165, 1.54) is 25.7 Å². The number of unbranched alkanes of at least 4 members (excludes halogenated alkanes) is 2. The van der Waals surface area contributed by atoms with Crippen LogP contribution in [0.4, 0.5) is 0 Å². The number of phenols is 2. The molecule has 0 bridgehead atoms. The lowest BCUT2D eigenvalue weighted by Crippen LogP contribution is -2.22. The zero-order chi connectivity index (χ0) is 19.3. The molecular formula is C23H35NO2. The van der Waals surface area contributed by atoms with Crippen LogP contribution in [0.5, 0.6) is 11.5 Å². The summed E-state index contributed by atoms with van der Waals surface area (Å²) in [5.74, 6) is 1.23. The zero-order valence-electron chi connectivity index (χ0n) is 17.0. The van der Waals surface area contributed by atoms with Crippen molar-refractivity contribution in [2.24, 2.45) is 5.92 Å². The van der Waals surface area contributed by atoms with E-state index in [9.17, 15) is 10.2 Å². The van der Waals surface area contributed by atoms with Gasteiger partial charge in [0.2, 0.25) is 0 Å². The molecule has 1 heterocycles. The smallest absolute Gasteiger partial charge is 0.127 e. The summed E-state index contributed by atoms with van der Waals surface area (Å²) in [6.07, 6.45) is 9.86. The van der Waals surface area contributed by atoms with Crippen LogP contribution >= 0.6 is 0 Å². The van der Waals surface area contributed by atoms with Gasteiger partial charge in [0, 0.05) is 19.3 Å². The van der Waals surface area contributed by atoms with E-state index < -0.39 is 0 Å². The molecule has 0 radical (unpaired) electrons. The Hall–Kier alpha value is -1.90. The molecule has 1 aromatic rings. The van der Waals surface area contributed by atoms with E-state index in [1.54, 1.807) is 0 Å². The van der Waals surface area contributed by atoms with Crippen molar-refractivity contribution in [3.8, 4) is 11.5 Å². The number of benzene rings is 1. The molecule has 144 valence electrons. The minimum atomic E-state index is 0.193. The molecule has 0 fully saturated rings. The van der Waals surface area contributed by atoms with Gasteiger partial charge in [-0.05, 0) is 54.5 Å². The molecule has 0 amide bonds. The number of phenolic OH excluding ortho intramolecular Hbond substituents is 2. The van der Waals surface area contributed by atoms with Gasteiger partial charge in [0.1, 0.15) is 11.5 Å². The highest BCUT2D eigenvalue weighted by molar-refractivity contribution is 5.78. The first-order valence-electron chi connectivity index (χ1n) is 10.0. The first-order valence-corrected chi connectivity index (χ1v) is 10.0. The quantitative estimate of drug-likeness (QED) is 0.585. The third kappa shape index (κ3) is 4.63. The van der Waals surface area contributed by atoms with Gasteiger partial charge in [0.25, 0.3) is 0 Å². The fourth-order valence-corrected chi connectivity index (χ4v) is 3.80. The highest BCUT2D eigenvalue weighted by Crippen LogP contribution is 2.41. The first kappa shape index (κ1) is 20.4. The van der Waals surface area contributed by atoms with Crippen molar-refractivity contribution in [3.05, 3.63) is 41.1 Å². The summed E-state index contributed by atoms with van der Waals surface area (Å²) in [6, 6.07) is 3.70. The molecule has 3 nitrogen and oxygen atoms in total. The number of hydrogen-bond donors (Lipinski definition) is 2. The van der Waals surface area contributed by atoms with Gasteiger partial charge in [0.15, 0.2) is 0 Å². The summed E-state index contributed by atoms with van der Waals surface area (Å²) >= 11 is 0. The Morgan fingerprint density at radius 1 is 1.15 bits per heavy atom. The van der Waals surface area contributed by atoms with Crippen LogP contribution in [0.1, 0.15) is 76.8 Å². The SMILES string of the molecule is CC=C1C=C(c2c(O)cc(C(C)C(C)CCCCC)cc2O)CCN1C. The minimum Gasteiger partial charge on any atom is -0.507 e. The highest BCUT2D eigenvalue weighted by Gasteiger charge is 2.22. The van der Waals surface area contributed by atoms with Crippen LogP contribution in [0, 0.1) is 5.92 Å². The van der Waals surface area contributed by atoms with Crippen molar-refractivity contribution < 1.29 is 10.2 Å². The van der Waals surface area contributed by atoms with Crippen LogP contribution in [-0.2, 0) is 0 Å². The minimum absolute atomic E-state index is 0.193. The number of likely N-dealkylation sites (N-methyl/N-ethyl adjacent to an activating group) is 1. The summed E-state index contributed by atoms with van der Waals surface area (Å²) in [5.41, 5.74) is 3.73. The summed E-state index contributed by atoms with van der Waals surface area (Å²) < 4.78 is 0. The van der Waals surface area contributed by atoms with Gasteiger partial charge >= 0.3 is 0 Å². The molecule has 1 aromatic carbocycles. The van der Waals surface area contributed by atoms with Gasteiger partial charge in [0.05, 0.1) is 5.56 Å². The molecule has 2 atom stereocenters. The van der Waals surface area contributed by atoms with Gasteiger partial charge in [-0.2, -0.15) is 0 Å². The molecule has 0 aliphatic carbocycles. The van der Waals surface area contributed by atoms with E-state index in [0.717, 1.165) is 29.8 Å². The van der Waals surface area contributed by atoms with E-state index >= 15 is 0 Å². The Balaban J connectivity index is 2.26. The molecule has 3 heteroatoms. The molecule has 0 aromatic heterocycles. The van der Waals surface area contributed by atoms with Crippen molar-refractivity contribution in [2.45, 2.75) is 65.7 Å². The predicted molar refractivity (Wildman–Crippen MR) is 110 cm³/mol. The standard InChI is InChI=1S/C23H35NO2/c1-6-8-9-10-16(3)17(4)19-14-21(25)23(22(26)15-19)18-11-12-24(5)20(7-2)13-18/h7,13-17,25-26H,6,8-12H2,1-5H3. The third-order valence-electron chi connectivity index (χ3n) is 5.86. The highest BCUT2D eigenvalue weighted by atomic mass is 16.3. The Bertz CT molecular complexity index is 652. The lowest BCUT2D eigenvalue weighted by Gasteiger charge is -2.28. The van der Waals surface area contributed by atoms with E-state index in [-0.39, 0.29) is 11.5 Å². The van der Waals surface area contributed by atoms with Crippen molar-refractivity contribution in [2.75, 3.05) is 13.6 Å². The molecule has 0 spiro atoms. The molecule has 2 rings (SSSR count). The summed E-state index contributed by atoms with van der Waals surface area (Å²) in [7, 11) is 2.06. The molecule has 26 heavy (non-hydrogen) atoms. The number of hydrogen-bond acceptors (Lipinski definition) is 3. The Kier molecular flexibility index (Phi) is 7.19. The van der Waals surface area contributed by atoms with Crippen molar-refractivity contribution in [3.63, 3.8) is 0 Å². The summed E-state index contributed by atoms with van der Waals surface area (Å²) in [4.78, 5) is 2.19. The van der Waals surface area contributed by atoms with Crippen LogP contribution in [0.25, 0.3) is 5.57 Å². The third-order valence-corrected chi connectivity index (χ3v) is 5.86. The maximum absolute atomic E-state index is 10.7. The largest absolute Gasteiger partial charge is 0.507 e. The van der Waals surface area contributed by atoms with Gasteiger partial charge in [-0.1, -0.05) is 52.5 Å². The number of nitrogens with zero attached hydrogens (tertiary/aromatic N) is 1. The van der Waals surface area contributed by atoms with E-state index in [4.69, 9.17) is 0 Å². The first-order chi connectivity index (χ1) is 12.4. The second-order valence-electron chi connectivity index (χ2n) is 7.75. The Morgan fingerprint density at radius 2 is 1.81 bits per heavy atom. The summed E-state index contributed by atoms with van der Waals surface area (Å²) in [5, 5.41) is 21.3. The molecule has 2 unspecified atom stereocenters. The van der Waals surface area contributed by atoms with Crippen LogP contribution in [0.15, 0.2) is 30.0 Å². The average Bonchev–Trinajstić information content (AvgIpc) is 2.61. The van der Waals surface area contributed by atoms with Crippen LogP contribution < -0.4 is 0 Å². The second-order valence-corrected chi connectivity index (χ2v) is 7.75. The van der Waals surface area contributed by atoms with Crippen molar-refractivity contribution in [1.29, 1.82) is 0 Å². The summed E-state index contributed by atoms with van der Waals surface area (Å²) in [6.45, 7) is 9.57. The molecule has 1 aliphatic heterocycles. The molecular weight excluding hydrogens is 322 g/mol. The zero-order valence-corrected chi connectivity index (χ0v) is 17.0. The van der Waals surface area contributed by atoms with E-state index in [2.05, 4.69) is 44.9 Å². The fraction of sp³-hybridized carbons (Fsp3) is 0.565. The van der Waals surface area contributed by atoms with Crippen LogP contribution in [-0.4, -0.2) is 28.7 Å². The number of aromatic hydroxyl groups is 2. The Morgan fingerprint density at radius 3 is 2.38 bits per heavy atom.